The number of hydrogen-bond donors (Lipinski definition) is 3. The molecule has 1 aliphatic carbocycles. The van der Waals surface area contributed by atoms with Crippen molar-refractivity contribution < 1.29 is 5.11 Å². The van der Waals surface area contributed by atoms with Crippen molar-refractivity contribution in [1.29, 1.82) is 0 Å². The fourth-order valence-electron chi connectivity index (χ4n) is 2.47. The summed E-state index contributed by atoms with van der Waals surface area (Å²) in [5.41, 5.74) is 6.09. The van der Waals surface area contributed by atoms with Crippen molar-refractivity contribution >= 4 is 0 Å². The Morgan fingerprint density at radius 3 is 2.60 bits per heavy atom. The SMILES string of the molecule is CCC(CN)(NC(C)CCCO)C1CC1. The molecule has 0 bridgehead atoms. The van der Waals surface area contributed by atoms with Crippen LogP contribution in [0.25, 0.3) is 0 Å². The molecule has 0 radical (unpaired) electrons. The van der Waals surface area contributed by atoms with Crippen molar-refractivity contribution in [2.75, 3.05) is 13.2 Å². The summed E-state index contributed by atoms with van der Waals surface area (Å²) in [5.74, 6) is 0.782. The molecule has 0 amide bonds. The first-order valence-electron chi connectivity index (χ1n) is 6.27. The predicted octanol–water partition coefficient (Wildman–Crippen LogP) is 1.25. The fraction of sp³-hybridized carbons (Fsp3) is 1.00. The summed E-state index contributed by atoms with van der Waals surface area (Å²) in [6.45, 7) is 5.43. The van der Waals surface area contributed by atoms with Gasteiger partial charge in [0.2, 0.25) is 0 Å². The van der Waals surface area contributed by atoms with Gasteiger partial charge in [-0.25, -0.2) is 0 Å². The van der Waals surface area contributed by atoms with Gasteiger partial charge in [-0.1, -0.05) is 6.92 Å². The van der Waals surface area contributed by atoms with E-state index in [9.17, 15) is 0 Å². The van der Waals surface area contributed by atoms with E-state index in [0.717, 1.165) is 31.7 Å². The summed E-state index contributed by atoms with van der Waals surface area (Å²) < 4.78 is 0. The Balaban J connectivity index is 2.42. The minimum atomic E-state index is 0.162. The van der Waals surface area contributed by atoms with Gasteiger partial charge in [0.25, 0.3) is 0 Å². The quantitative estimate of drug-likeness (QED) is 0.570. The molecule has 0 heterocycles. The van der Waals surface area contributed by atoms with Crippen LogP contribution in [0.4, 0.5) is 0 Å². The van der Waals surface area contributed by atoms with Crippen LogP contribution in [-0.4, -0.2) is 29.8 Å². The van der Waals surface area contributed by atoms with Crippen molar-refractivity contribution in [2.24, 2.45) is 11.7 Å². The third-order valence-electron chi connectivity index (χ3n) is 3.68. The van der Waals surface area contributed by atoms with Gasteiger partial charge in [0.05, 0.1) is 0 Å². The maximum atomic E-state index is 8.80. The number of aliphatic hydroxyl groups excluding tert-OH is 1. The Kier molecular flexibility index (Phi) is 5.03. The van der Waals surface area contributed by atoms with E-state index in [1.54, 1.807) is 0 Å². The second-order valence-electron chi connectivity index (χ2n) is 4.90. The zero-order chi connectivity index (χ0) is 11.3. The Labute approximate surface area is 93.4 Å². The van der Waals surface area contributed by atoms with Gasteiger partial charge in [0.15, 0.2) is 0 Å². The zero-order valence-electron chi connectivity index (χ0n) is 10.1. The lowest BCUT2D eigenvalue weighted by Crippen LogP contribution is -2.55. The van der Waals surface area contributed by atoms with Gasteiger partial charge >= 0.3 is 0 Å². The largest absolute Gasteiger partial charge is 0.396 e. The second-order valence-corrected chi connectivity index (χ2v) is 4.90. The van der Waals surface area contributed by atoms with E-state index in [1.165, 1.54) is 12.8 Å². The molecular formula is C12H26N2O. The van der Waals surface area contributed by atoms with Crippen molar-refractivity contribution in [3.63, 3.8) is 0 Å². The van der Waals surface area contributed by atoms with Crippen LogP contribution in [0.5, 0.6) is 0 Å². The highest BCUT2D eigenvalue weighted by Crippen LogP contribution is 2.41. The molecule has 0 spiro atoms. The maximum Gasteiger partial charge on any atom is 0.0431 e. The van der Waals surface area contributed by atoms with Gasteiger partial charge in [0, 0.05) is 24.7 Å². The molecule has 2 unspecified atom stereocenters. The highest BCUT2D eigenvalue weighted by Gasteiger charge is 2.43. The minimum Gasteiger partial charge on any atom is -0.396 e. The molecule has 1 rings (SSSR count). The Morgan fingerprint density at radius 2 is 2.20 bits per heavy atom. The minimum absolute atomic E-state index is 0.162. The van der Waals surface area contributed by atoms with Crippen LogP contribution in [0.15, 0.2) is 0 Å². The van der Waals surface area contributed by atoms with E-state index in [4.69, 9.17) is 10.8 Å². The summed E-state index contributed by atoms with van der Waals surface area (Å²) in [6.07, 6.45) is 5.67. The molecule has 0 aromatic carbocycles. The lowest BCUT2D eigenvalue weighted by Gasteiger charge is -2.36. The lowest BCUT2D eigenvalue weighted by atomic mass is 9.89. The maximum absolute atomic E-state index is 8.80. The average Bonchev–Trinajstić information content (AvgIpc) is 3.07. The first-order chi connectivity index (χ1) is 7.18. The number of nitrogens with two attached hydrogens (primary N) is 1. The van der Waals surface area contributed by atoms with Crippen LogP contribution >= 0.6 is 0 Å². The van der Waals surface area contributed by atoms with Crippen LogP contribution in [0, 0.1) is 5.92 Å². The van der Waals surface area contributed by atoms with Crippen molar-refractivity contribution in [3.8, 4) is 0 Å². The smallest absolute Gasteiger partial charge is 0.0431 e. The summed E-state index contributed by atoms with van der Waals surface area (Å²) in [5, 5.41) is 12.5. The topological polar surface area (TPSA) is 58.3 Å². The van der Waals surface area contributed by atoms with Gasteiger partial charge in [-0.15, -0.1) is 0 Å². The van der Waals surface area contributed by atoms with E-state index < -0.39 is 0 Å². The predicted molar refractivity (Wildman–Crippen MR) is 63.7 cm³/mol. The number of aliphatic hydroxyl groups is 1. The van der Waals surface area contributed by atoms with Crippen LogP contribution in [-0.2, 0) is 0 Å². The molecule has 0 aliphatic heterocycles. The highest BCUT2D eigenvalue weighted by molar-refractivity contribution is 5.02. The Bertz CT molecular complexity index is 176. The summed E-state index contributed by atoms with van der Waals surface area (Å²) in [7, 11) is 0. The number of nitrogens with one attached hydrogen (secondary N) is 1. The summed E-state index contributed by atoms with van der Waals surface area (Å²) >= 11 is 0. The first-order valence-corrected chi connectivity index (χ1v) is 6.27. The molecular weight excluding hydrogens is 188 g/mol. The molecule has 1 saturated carbocycles. The van der Waals surface area contributed by atoms with Crippen LogP contribution in [0.3, 0.4) is 0 Å². The molecule has 4 N–H and O–H groups in total. The standard InChI is InChI=1S/C12H26N2O/c1-3-12(9-13,11-6-7-11)14-10(2)5-4-8-15/h10-11,14-15H,3-9,13H2,1-2H3. The van der Waals surface area contributed by atoms with Gasteiger partial charge in [-0.2, -0.15) is 0 Å². The van der Waals surface area contributed by atoms with Crippen molar-refractivity contribution in [3.05, 3.63) is 0 Å². The molecule has 0 saturated heterocycles. The Hall–Kier alpha value is -0.120. The number of hydrogen-bond acceptors (Lipinski definition) is 3. The van der Waals surface area contributed by atoms with E-state index in [2.05, 4.69) is 19.2 Å². The van der Waals surface area contributed by atoms with Crippen LogP contribution < -0.4 is 11.1 Å². The molecule has 0 aromatic heterocycles. The highest BCUT2D eigenvalue weighted by atomic mass is 16.2. The van der Waals surface area contributed by atoms with Gasteiger partial charge in [-0.3, -0.25) is 0 Å². The monoisotopic (exact) mass is 214 g/mol. The Morgan fingerprint density at radius 1 is 1.53 bits per heavy atom. The van der Waals surface area contributed by atoms with Gasteiger partial charge < -0.3 is 16.2 Å². The van der Waals surface area contributed by atoms with Gasteiger partial charge in [0.1, 0.15) is 0 Å². The van der Waals surface area contributed by atoms with E-state index in [-0.39, 0.29) is 12.1 Å². The molecule has 0 aromatic rings. The van der Waals surface area contributed by atoms with E-state index in [0.29, 0.717) is 6.04 Å². The van der Waals surface area contributed by atoms with Crippen LogP contribution in [0.2, 0.25) is 0 Å². The zero-order valence-corrected chi connectivity index (χ0v) is 10.1. The lowest BCUT2D eigenvalue weighted by molar-refractivity contribution is 0.229. The van der Waals surface area contributed by atoms with Crippen LogP contribution in [0.1, 0.15) is 46.0 Å². The van der Waals surface area contributed by atoms with Gasteiger partial charge in [-0.05, 0) is 44.9 Å². The fourth-order valence-corrected chi connectivity index (χ4v) is 2.47. The first kappa shape index (κ1) is 12.9. The molecule has 15 heavy (non-hydrogen) atoms. The second kappa shape index (κ2) is 5.83. The van der Waals surface area contributed by atoms with Crippen molar-refractivity contribution in [2.45, 2.75) is 57.5 Å². The van der Waals surface area contributed by atoms with E-state index in [1.807, 2.05) is 0 Å². The summed E-state index contributed by atoms with van der Waals surface area (Å²) in [4.78, 5) is 0. The molecule has 3 heteroatoms. The van der Waals surface area contributed by atoms with E-state index >= 15 is 0 Å². The molecule has 1 fully saturated rings. The molecule has 2 atom stereocenters. The average molecular weight is 214 g/mol. The van der Waals surface area contributed by atoms with Crippen molar-refractivity contribution in [1.82, 2.24) is 5.32 Å². The molecule has 90 valence electrons. The molecule has 1 aliphatic rings. The third-order valence-corrected chi connectivity index (χ3v) is 3.68. The summed E-state index contributed by atoms with van der Waals surface area (Å²) in [6, 6.07) is 0.459. The normalized spacial score (nSPS) is 22.4. The molecule has 3 nitrogen and oxygen atoms in total. The third kappa shape index (κ3) is 3.44. The number of rotatable bonds is 8.